The zero-order valence-electron chi connectivity index (χ0n) is 17.7. The number of nitrogens with one attached hydrogen (secondary N) is 1. The van der Waals surface area contributed by atoms with E-state index in [1.807, 2.05) is 4.98 Å². The maximum atomic E-state index is 13.0. The first kappa shape index (κ1) is 28.6. The third kappa shape index (κ3) is 7.41. The van der Waals surface area contributed by atoms with Crippen molar-refractivity contribution in [3.8, 4) is 0 Å². The van der Waals surface area contributed by atoms with Crippen LogP contribution in [0.3, 0.4) is 0 Å². The molecule has 0 aliphatic carbocycles. The minimum atomic E-state index is -5.22. The molecule has 34 heavy (non-hydrogen) atoms. The van der Waals surface area contributed by atoms with Crippen LogP contribution < -0.4 is 11.2 Å². The van der Waals surface area contributed by atoms with Crippen molar-refractivity contribution in [2.45, 2.75) is 51.1 Å². The lowest BCUT2D eigenvalue weighted by Gasteiger charge is -2.23. The van der Waals surface area contributed by atoms with Gasteiger partial charge in [-0.25, -0.2) is 4.79 Å². The summed E-state index contributed by atoms with van der Waals surface area (Å²) in [5.74, 6) is -2.21. The van der Waals surface area contributed by atoms with E-state index in [9.17, 15) is 42.3 Å². The van der Waals surface area contributed by atoms with Gasteiger partial charge in [-0.2, -0.15) is 13.2 Å². The number of hydrogen-bond acceptors (Lipinski definition) is 8. The molecular formula is C17H21Cl2F3N3O8P. The molecule has 3 N–H and O–H groups in total. The van der Waals surface area contributed by atoms with Crippen LogP contribution in [-0.2, 0) is 25.2 Å². The Morgan fingerprint density at radius 1 is 1.32 bits per heavy atom. The quantitative estimate of drug-likeness (QED) is 0.324. The zero-order chi connectivity index (χ0) is 26.0. The largest absolute Gasteiger partial charge is 0.471 e. The Morgan fingerprint density at radius 3 is 2.47 bits per heavy atom. The molecule has 4 atom stereocenters. The Hall–Kier alpha value is -1.67. The second-order valence-corrected chi connectivity index (χ2v) is 11.8. The Bertz CT molecular complexity index is 1100. The summed E-state index contributed by atoms with van der Waals surface area (Å²) < 4.78 is 60.9. The number of aromatic amines is 1. The van der Waals surface area contributed by atoms with Crippen molar-refractivity contribution in [1.29, 1.82) is 0 Å². The van der Waals surface area contributed by atoms with E-state index < -0.39 is 79.2 Å². The van der Waals surface area contributed by atoms with Crippen LogP contribution in [0.4, 0.5) is 13.2 Å². The summed E-state index contributed by atoms with van der Waals surface area (Å²) in [4.78, 5) is 38.6. The van der Waals surface area contributed by atoms with Crippen molar-refractivity contribution in [2.75, 3.05) is 13.2 Å². The third-order valence-corrected chi connectivity index (χ3v) is 5.69. The molecule has 2 heterocycles. The fourth-order valence-corrected chi connectivity index (χ4v) is 3.64. The molecule has 2 unspecified atom stereocenters. The van der Waals surface area contributed by atoms with Crippen LogP contribution in [0.5, 0.6) is 0 Å². The minimum absolute atomic E-state index is 0.349. The molecule has 11 nitrogen and oxygen atoms in total. The first-order chi connectivity index (χ1) is 15.5. The minimum Gasteiger partial charge on any atom is -0.387 e. The van der Waals surface area contributed by atoms with E-state index in [1.165, 1.54) is 6.08 Å². The molecule has 1 amide bonds. The number of amides is 1. The molecule has 0 aromatic carbocycles. The fraction of sp³-hybridized carbons (Fsp3) is 0.588. The number of halogens is 5. The Morgan fingerprint density at radius 2 is 1.94 bits per heavy atom. The van der Waals surface area contributed by atoms with Gasteiger partial charge in [0, 0.05) is 12.7 Å². The highest BCUT2D eigenvalue weighted by Crippen LogP contribution is 2.57. The van der Waals surface area contributed by atoms with Crippen molar-refractivity contribution >= 4 is 34.5 Å². The molecule has 1 aromatic heterocycles. The van der Waals surface area contributed by atoms with Gasteiger partial charge in [-0.15, -0.1) is 0 Å². The topological polar surface area (TPSA) is 151 Å². The monoisotopic (exact) mass is 553 g/mol. The number of nitrogens with zero attached hydrogens (tertiary/aromatic N) is 2. The summed E-state index contributed by atoms with van der Waals surface area (Å²) in [6.07, 6.45) is -13.5. The number of alkyl halides is 3. The molecule has 1 saturated heterocycles. The smallest absolute Gasteiger partial charge is 0.387 e. The molecule has 0 saturated carbocycles. The third-order valence-electron chi connectivity index (χ3n) is 4.65. The van der Waals surface area contributed by atoms with Gasteiger partial charge in [-0.05, 0) is 36.3 Å². The number of H-pyrrole nitrogens is 1. The van der Waals surface area contributed by atoms with Gasteiger partial charge in [-0.1, -0.05) is 11.6 Å². The van der Waals surface area contributed by atoms with Crippen LogP contribution in [0.1, 0.15) is 25.6 Å². The SMILES string of the molecule is CC(C)=CCN(Cc1cn([C@@H]2O[C@H](COP(=O)(Cl)Cl)C(O)C2O)c(=O)[nH]c1=O)C(=O)C(F)(F)F. The number of hydrogen-bond donors (Lipinski definition) is 3. The van der Waals surface area contributed by atoms with Crippen molar-refractivity contribution in [3.63, 3.8) is 0 Å². The Labute approximate surface area is 199 Å². The van der Waals surface area contributed by atoms with E-state index in [0.29, 0.717) is 15.0 Å². The Balaban J connectivity index is 2.37. The number of ether oxygens (including phenoxy) is 1. The number of allylic oxidation sites excluding steroid dienone is 1. The highest BCUT2D eigenvalue weighted by atomic mass is 35.9. The lowest BCUT2D eigenvalue weighted by molar-refractivity contribution is -0.185. The second kappa shape index (κ2) is 10.9. The van der Waals surface area contributed by atoms with Crippen molar-refractivity contribution in [1.82, 2.24) is 14.5 Å². The summed E-state index contributed by atoms with van der Waals surface area (Å²) in [6, 6.07) is 0. The molecule has 0 bridgehead atoms. The van der Waals surface area contributed by atoms with Gasteiger partial charge < -0.3 is 24.4 Å². The summed E-state index contributed by atoms with van der Waals surface area (Å²) in [6.45, 7) is 1.25. The predicted octanol–water partition coefficient (Wildman–Crippen LogP) is 1.62. The maximum absolute atomic E-state index is 13.0. The van der Waals surface area contributed by atoms with Gasteiger partial charge in [0.05, 0.1) is 18.7 Å². The van der Waals surface area contributed by atoms with Crippen LogP contribution in [0.25, 0.3) is 0 Å². The summed E-state index contributed by atoms with van der Waals surface area (Å²) >= 11 is 10.5. The first-order valence-corrected chi connectivity index (χ1v) is 12.9. The van der Waals surface area contributed by atoms with Gasteiger partial charge in [-0.3, -0.25) is 23.7 Å². The van der Waals surface area contributed by atoms with Crippen LogP contribution in [0, 0.1) is 0 Å². The van der Waals surface area contributed by atoms with E-state index in [2.05, 4.69) is 4.52 Å². The molecule has 1 aliphatic rings. The first-order valence-electron chi connectivity index (χ1n) is 9.50. The summed E-state index contributed by atoms with van der Waals surface area (Å²) in [5.41, 5.74) is -2.01. The summed E-state index contributed by atoms with van der Waals surface area (Å²) in [5, 5.41) is 20.4. The van der Waals surface area contributed by atoms with E-state index in [-0.39, 0.29) is 0 Å². The standard InChI is InChI=1S/C17H21Cl2F3N3O8P/c1-8(2)3-4-24(15(29)17(20,21)22)5-9-6-25(16(30)23-13(9)28)14-12(27)11(26)10(33-14)7-32-34(18,19)31/h3,6,10-12,14,26-27H,4-5,7H2,1-2H3,(H,23,28,30)/t10-,11?,12?,14-/m1/s1. The highest BCUT2D eigenvalue weighted by molar-refractivity contribution is 8.05. The van der Waals surface area contributed by atoms with E-state index >= 15 is 0 Å². The van der Waals surface area contributed by atoms with Crippen LogP contribution in [0.2, 0.25) is 0 Å². The van der Waals surface area contributed by atoms with Crippen molar-refractivity contribution in [2.24, 2.45) is 0 Å². The van der Waals surface area contributed by atoms with Gasteiger partial charge in [0.15, 0.2) is 6.23 Å². The van der Waals surface area contributed by atoms with Gasteiger partial charge >= 0.3 is 23.8 Å². The number of carbonyl (C=O) groups excluding carboxylic acids is 1. The molecule has 0 spiro atoms. The molecule has 1 aromatic rings. The van der Waals surface area contributed by atoms with E-state index in [1.54, 1.807) is 13.8 Å². The van der Waals surface area contributed by atoms with Gasteiger partial charge in [0.2, 0.25) is 0 Å². The molecule has 1 aliphatic heterocycles. The van der Waals surface area contributed by atoms with Crippen LogP contribution >= 0.6 is 28.6 Å². The molecule has 192 valence electrons. The Kier molecular flexibility index (Phi) is 9.19. The van der Waals surface area contributed by atoms with E-state index in [4.69, 9.17) is 27.2 Å². The summed E-state index contributed by atoms with van der Waals surface area (Å²) in [7, 11) is 0. The second-order valence-electron chi connectivity index (χ2n) is 7.54. The molecule has 17 heteroatoms. The zero-order valence-corrected chi connectivity index (χ0v) is 20.1. The van der Waals surface area contributed by atoms with Gasteiger partial charge in [0.25, 0.3) is 5.56 Å². The lowest BCUT2D eigenvalue weighted by atomic mass is 10.1. The average Bonchev–Trinajstić information content (AvgIpc) is 2.97. The van der Waals surface area contributed by atoms with Crippen molar-refractivity contribution in [3.05, 3.63) is 44.2 Å². The highest BCUT2D eigenvalue weighted by Gasteiger charge is 2.45. The number of rotatable bonds is 8. The molecule has 0 radical (unpaired) electrons. The number of aliphatic hydroxyl groups is 2. The van der Waals surface area contributed by atoms with Crippen molar-refractivity contribution < 1.29 is 42.0 Å². The van der Waals surface area contributed by atoms with E-state index in [0.717, 1.165) is 6.20 Å². The average molecular weight is 554 g/mol. The number of aromatic nitrogens is 2. The molecule has 1 fully saturated rings. The maximum Gasteiger partial charge on any atom is 0.471 e. The normalized spacial score (nSPS) is 23.1. The fourth-order valence-electron chi connectivity index (χ4n) is 2.98. The predicted molar refractivity (Wildman–Crippen MR) is 113 cm³/mol. The van der Waals surface area contributed by atoms with Crippen LogP contribution in [0.15, 0.2) is 27.4 Å². The number of carbonyl (C=O) groups is 1. The van der Waals surface area contributed by atoms with Gasteiger partial charge in [0.1, 0.15) is 18.3 Å². The van der Waals surface area contributed by atoms with Crippen LogP contribution in [-0.4, -0.2) is 68.2 Å². The lowest BCUT2D eigenvalue weighted by Crippen LogP contribution is -2.43. The molecule has 2 rings (SSSR count). The number of aliphatic hydroxyl groups excluding tert-OH is 2. The molecular weight excluding hydrogens is 533 g/mol.